The fourth-order valence-corrected chi connectivity index (χ4v) is 4.35. The van der Waals surface area contributed by atoms with Crippen LogP contribution in [0.1, 0.15) is 42.5 Å². The summed E-state index contributed by atoms with van der Waals surface area (Å²) in [6.07, 6.45) is 7.60. The molecule has 2 unspecified atom stereocenters. The van der Waals surface area contributed by atoms with Crippen LogP contribution in [0.5, 0.6) is 0 Å². The quantitative estimate of drug-likeness (QED) is 0.792. The van der Waals surface area contributed by atoms with Gasteiger partial charge in [-0.3, -0.25) is 9.78 Å². The van der Waals surface area contributed by atoms with Crippen molar-refractivity contribution in [1.29, 1.82) is 0 Å². The van der Waals surface area contributed by atoms with E-state index < -0.39 is 0 Å². The van der Waals surface area contributed by atoms with Gasteiger partial charge in [0.15, 0.2) is 5.78 Å². The van der Waals surface area contributed by atoms with Crippen LogP contribution >= 0.6 is 0 Å². The normalized spacial score (nSPS) is 28.7. The maximum absolute atomic E-state index is 13.1. The van der Waals surface area contributed by atoms with Gasteiger partial charge >= 0.3 is 0 Å². The number of aromatic nitrogens is 1. The number of nitrogens with zero attached hydrogens (tertiary/aromatic N) is 2. The van der Waals surface area contributed by atoms with Gasteiger partial charge in [-0.15, -0.1) is 0 Å². The van der Waals surface area contributed by atoms with E-state index in [1.807, 2.05) is 30.3 Å². The highest BCUT2D eigenvalue weighted by Gasteiger charge is 2.39. The largest absolute Gasteiger partial charge is 0.300 e. The van der Waals surface area contributed by atoms with Crippen molar-refractivity contribution < 1.29 is 4.79 Å². The van der Waals surface area contributed by atoms with Crippen LogP contribution in [0.15, 0.2) is 36.5 Å². The van der Waals surface area contributed by atoms with E-state index in [2.05, 4.69) is 16.9 Å². The molecule has 0 saturated carbocycles. The molecule has 1 aromatic carbocycles. The summed E-state index contributed by atoms with van der Waals surface area (Å²) >= 11 is 0. The Morgan fingerprint density at radius 2 is 1.86 bits per heavy atom. The fourth-order valence-electron chi connectivity index (χ4n) is 4.35. The van der Waals surface area contributed by atoms with Crippen molar-refractivity contribution in [3.8, 4) is 0 Å². The van der Waals surface area contributed by atoms with Crippen molar-refractivity contribution >= 4 is 16.7 Å². The lowest BCUT2D eigenvalue weighted by molar-refractivity contribution is 0.0339. The zero-order chi connectivity index (χ0) is 15.1. The van der Waals surface area contributed by atoms with Gasteiger partial charge in [0, 0.05) is 35.1 Å². The third-order valence-electron chi connectivity index (χ3n) is 5.61. The highest BCUT2D eigenvalue weighted by Crippen LogP contribution is 2.37. The summed E-state index contributed by atoms with van der Waals surface area (Å²) in [6, 6.07) is 11.1. The Morgan fingerprint density at radius 1 is 1.14 bits per heavy atom. The van der Waals surface area contributed by atoms with Gasteiger partial charge in [-0.2, -0.15) is 0 Å². The van der Waals surface area contributed by atoms with Crippen LogP contribution < -0.4 is 0 Å². The van der Waals surface area contributed by atoms with Gasteiger partial charge < -0.3 is 4.90 Å². The van der Waals surface area contributed by atoms with Crippen LogP contribution in [-0.2, 0) is 0 Å². The number of benzene rings is 1. The van der Waals surface area contributed by atoms with E-state index in [1.165, 1.54) is 19.3 Å². The second kappa shape index (κ2) is 5.47. The summed E-state index contributed by atoms with van der Waals surface area (Å²) in [7, 11) is 2.23. The van der Waals surface area contributed by atoms with Crippen LogP contribution in [0.2, 0.25) is 0 Å². The number of rotatable bonds is 2. The van der Waals surface area contributed by atoms with E-state index >= 15 is 0 Å². The Labute approximate surface area is 131 Å². The molecule has 1 aromatic heterocycles. The number of fused-ring (bicyclic) bond motifs is 3. The molecule has 2 aliphatic rings. The molecular weight excluding hydrogens is 272 g/mol. The molecule has 3 nitrogen and oxygen atoms in total. The monoisotopic (exact) mass is 294 g/mol. The Bertz CT molecular complexity index is 692. The molecule has 4 rings (SSSR count). The molecule has 22 heavy (non-hydrogen) atoms. The zero-order valence-corrected chi connectivity index (χ0v) is 13.0. The fraction of sp³-hybridized carbons (Fsp3) is 0.474. The summed E-state index contributed by atoms with van der Waals surface area (Å²) in [4.78, 5) is 20.1. The van der Waals surface area contributed by atoms with Crippen molar-refractivity contribution in [2.75, 3.05) is 7.05 Å². The first kappa shape index (κ1) is 13.9. The van der Waals surface area contributed by atoms with Gasteiger partial charge in [0.25, 0.3) is 0 Å². The summed E-state index contributed by atoms with van der Waals surface area (Å²) in [6.45, 7) is 0. The third kappa shape index (κ3) is 2.24. The molecule has 3 heteroatoms. The standard InChI is InChI=1S/C19H22N2O/c1-21-15-7-3-8-16(21)12-14(11-15)19(22)17-9-2-5-13-6-4-10-20-18(13)17/h2,4-6,9-10,14-16H,3,7-8,11-12H2,1H3. The van der Waals surface area contributed by atoms with E-state index in [1.54, 1.807) is 6.20 Å². The predicted octanol–water partition coefficient (Wildman–Crippen LogP) is 3.68. The molecule has 0 N–H and O–H groups in total. The summed E-state index contributed by atoms with van der Waals surface area (Å²) in [5, 5.41) is 1.06. The zero-order valence-electron chi connectivity index (χ0n) is 13.0. The van der Waals surface area contributed by atoms with E-state index in [0.29, 0.717) is 17.9 Å². The van der Waals surface area contributed by atoms with Crippen molar-refractivity contribution in [2.45, 2.75) is 44.2 Å². The topological polar surface area (TPSA) is 33.2 Å². The Balaban J connectivity index is 1.66. The molecule has 2 aliphatic heterocycles. The number of pyridine rings is 1. The SMILES string of the molecule is CN1C2CCCC1CC(C(=O)c1cccc3cccnc13)C2. The molecule has 2 saturated heterocycles. The highest BCUT2D eigenvalue weighted by molar-refractivity contribution is 6.07. The second-order valence-electron chi connectivity index (χ2n) is 6.82. The molecule has 0 spiro atoms. The molecular formula is C19H22N2O. The van der Waals surface area contributed by atoms with Gasteiger partial charge in [-0.25, -0.2) is 0 Å². The second-order valence-corrected chi connectivity index (χ2v) is 6.82. The number of carbonyl (C=O) groups is 1. The number of ketones is 1. The minimum Gasteiger partial charge on any atom is -0.300 e. The first-order chi connectivity index (χ1) is 10.7. The van der Waals surface area contributed by atoms with Crippen molar-refractivity contribution in [3.05, 3.63) is 42.1 Å². The van der Waals surface area contributed by atoms with Gasteiger partial charge in [-0.05, 0) is 44.9 Å². The molecule has 0 aliphatic carbocycles. The molecule has 2 atom stereocenters. The average Bonchev–Trinajstić information content (AvgIpc) is 2.53. The van der Waals surface area contributed by atoms with Crippen LogP contribution in [0.4, 0.5) is 0 Å². The maximum atomic E-state index is 13.1. The van der Waals surface area contributed by atoms with Crippen molar-refractivity contribution in [3.63, 3.8) is 0 Å². The highest BCUT2D eigenvalue weighted by atomic mass is 16.1. The molecule has 114 valence electrons. The predicted molar refractivity (Wildman–Crippen MR) is 88.0 cm³/mol. The summed E-state index contributed by atoms with van der Waals surface area (Å²) in [5.41, 5.74) is 1.67. The Kier molecular flexibility index (Phi) is 3.45. The molecule has 2 aromatic rings. The first-order valence-electron chi connectivity index (χ1n) is 8.34. The van der Waals surface area contributed by atoms with E-state index in [0.717, 1.165) is 29.3 Å². The van der Waals surface area contributed by atoms with Gasteiger partial charge in [0.1, 0.15) is 0 Å². The third-order valence-corrected chi connectivity index (χ3v) is 5.61. The average molecular weight is 294 g/mol. The van der Waals surface area contributed by atoms with Crippen molar-refractivity contribution in [1.82, 2.24) is 9.88 Å². The van der Waals surface area contributed by atoms with Crippen molar-refractivity contribution in [2.24, 2.45) is 5.92 Å². The summed E-state index contributed by atoms with van der Waals surface area (Å²) in [5.74, 6) is 0.466. The molecule has 0 radical (unpaired) electrons. The van der Waals surface area contributed by atoms with Gasteiger partial charge in [0.2, 0.25) is 0 Å². The number of hydrogen-bond acceptors (Lipinski definition) is 3. The number of carbonyl (C=O) groups excluding carboxylic acids is 1. The first-order valence-corrected chi connectivity index (χ1v) is 8.34. The van der Waals surface area contributed by atoms with E-state index in [-0.39, 0.29) is 5.92 Å². The van der Waals surface area contributed by atoms with Gasteiger partial charge in [0.05, 0.1) is 5.52 Å². The van der Waals surface area contributed by atoms with E-state index in [4.69, 9.17) is 0 Å². The smallest absolute Gasteiger partial charge is 0.168 e. The van der Waals surface area contributed by atoms with Crippen LogP contribution in [0, 0.1) is 5.92 Å². The lowest BCUT2D eigenvalue weighted by Gasteiger charge is -2.46. The maximum Gasteiger partial charge on any atom is 0.168 e. The molecule has 3 heterocycles. The minimum absolute atomic E-state index is 0.166. The lowest BCUT2D eigenvalue weighted by atomic mass is 9.76. The van der Waals surface area contributed by atoms with Crippen LogP contribution in [0.25, 0.3) is 10.9 Å². The Morgan fingerprint density at radius 3 is 2.64 bits per heavy atom. The molecule has 2 bridgehead atoms. The lowest BCUT2D eigenvalue weighted by Crippen LogP contribution is -2.51. The number of piperidine rings is 2. The number of hydrogen-bond donors (Lipinski definition) is 0. The summed E-state index contributed by atoms with van der Waals surface area (Å²) < 4.78 is 0. The van der Waals surface area contributed by atoms with Crippen LogP contribution in [-0.4, -0.2) is 34.8 Å². The molecule has 2 fully saturated rings. The minimum atomic E-state index is 0.166. The number of para-hydroxylation sites is 1. The Hall–Kier alpha value is -1.74. The van der Waals surface area contributed by atoms with E-state index in [9.17, 15) is 4.79 Å². The van der Waals surface area contributed by atoms with Crippen LogP contribution in [0.3, 0.4) is 0 Å². The molecule has 0 amide bonds. The van der Waals surface area contributed by atoms with Gasteiger partial charge in [-0.1, -0.05) is 24.6 Å². The number of Topliss-reactive ketones (excluding diaryl/α,β-unsaturated/α-hetero) is 1.